The highest BCUT2D eigenvalue weighted by molar-refractivity contribution is 7.99. The molecule has 0 bridgehead atoms. The summed E-state index contributed by atoms with van der Waals surface area (Å²) < 4.78 is 2.09. The topological polar surface area (TPSA) is 97.1 Å². The van der Waals surface area contributed by atoms with Crippen molar-refractivity contribution in [1.29, 1.82) is 0 Å². The van der Waals surface area contributed by atoms with Crippen LogP contribution in [0.5, 0.6) is 0 Å². The first-order valence-electron chi connectivity index (χ1n) is 11.5. The molecule has 1 aromatic heterocycles. The molecule has 3 aromatic carbocycles. The minimum absolute atomic E-state index is 0.0383. The Morgan fingerprint density at radius 3 is 2.31 bits per heavy atom. The van der Waals surface area contributed by atoms with Crippen LogP contribution in [0.25, 0.3) is 0 Å². The molecule has 0 spiro atoms. The van der Waals surface area contributed by atoms with Crippen LogP contribution >= 0.6 is 24.4 Å². The van der Waals surface area contributed by atoms with Crippen molar-refractivity contribution < 1.29 is 14.7 Å². The molecular weight excluding hydrogens is 492 g/mol. The second-order valence-electron chi connectivity index (χ2n) is 8.09. The van der Waals surface area contributed by atoms with Gasteiger partial charge in [0.25, 0.3) is 5.91 Å². The molecular formula is C27H26N4O3S2. The van der Waals surface area contributed by atoms with Crippen molar-refractivity contribution >= 4 is 42.0 Å². The number of nitrogens with zero attached hydrogens (tertiary/aromatic N) is 3. The summed E-state index contributed by atoms with van der Waals surface area (Å²) in [5, 5.41) is 21.6. The van der Waals surface area contributed by atoms with Crippen LogP contribution in [-0.2, 0) is 6.54 Å². The summed E-state index contributed by atoms with van der Waals surface area (Å²) >= 11 is 6.50. The predicted molar refractivity (Wildman–Crippen MR) is 145 cm³/mol. The van der Waals surface area contributed by atoms with Gasteiger partial charge in [-0.25, -0.2) is 4.79 Å². The van der Waals surface area contributed by atoms with Gasteiger partial charge < -0.3 is 15.0 Å². The fourth-order valence-corrected chi connectivity index (χ4v) is 4.84. The van der Waals surface area contributed by atoms with Gasteiger partial charge in [-0.3, -0.25) is 4.79 Å². The summed E-state index contributed by atoms with van der Waals surface area (Å²) in [6.07, 6.45) is 1.02. The molecule has 36 heavy (non-hydrogen) atoms. The molecule has 0 saturated heterocycles. The molecule has 1 heterocycles. The Morgan fingerprint density at radius 2 is 1.64 bits per heavy atom. The Balaban J connectivity index is 1.54. The number of aromatic carboxylic acids is 1. The number of carbonyl (C=O) groups is 2. The maximum Gasteiger partial charge on any atom is 0.336 e. The number of hydrogen-bond donors (Lipinski definition) is 3. The van der Waals surface area contributed by atoms with Gasteiger partial charge in [-0.05, 0) is 41.8 Å². The van der Waals surface area contributed by atoms with Gasteiger partial charge in [0, 0.05) is 11.4 Å². The van der Waals surface area contributed by atoms with Crippen molar-refractivity contribution in [2.24, 2.45) is 0 Å². The minimum Gasteiger partial charge on any atom is -0.478 e. The first kappa shape index (κ1) is 25.5. The van der Waals surface area contributed by atoms with Crippen molar-refractivity contribution in [2.75, 3.05) is 11.1 Å². The number of nitrogens with one attached hydrogen (secondary N) is 1. The molecule has 2 N–H and O–H groups in total. The van der Waals surface area contributed by atoms with E-state index in [2.05, 4.69) is 27.0 Å². The molecule has 4 aromatic rings. The molecule has 184 valence electrons. The number of carbonyl (C=O) groups excluding carboxylic acids is 1. The van der Waals surface area contributed by atoms with Crippen LogP contribution in [0.1, 0.15) is 56.3 Å². The van der Waals surface area contributed by atoms with Crippen molar-refractivity contribution in [3.63, 3.8) is 0 Å². The third-order valence-electron chi connectivity index (χ3n) is 5.50. The van der Waals surface area contributed by atoms with E-state index in [1.807, 2.05) is 42.5 Å². The first-order valence-corrected chi connectivity index (χ1v) is 13.0. The highest BCUT2D eigenvalue weighted by atomic mass is 32.2. The molecule has 1 unspecified atom stereocenters. The SMILES string of the molecule is CCCSc1nnc(C(S)c2ccccc2)n1Cc1ccc(NC(=O)c2ccccc2C(=O)O)cc1. The van der Waals surface area contributed by atoms with Crippen LogP contribution in [-0.4, -0.2) is 37.5 Å². The zero-order chi connectivity index (χ0) is 25.5. The number of carboxylic acid groups (broad SMARTS) is 1. The van der Waals surface area contributed by atoms with E-state index in [-0.39, 0.29) is 16.4 Å². The van der Waals surface area contributed by atoms with E-state index < -0.39 is 11.9 Å². The Morgan fingerprint density at radius 1 is 0.972 bits per heavy atom. The lowest BCUT2D eigenvalue weighted by atomic mass is 10.1. The lowest BCUT2D eigenvalue weighted by Crippen LogP contribution is -2.16. The van der Waals surface area contributed by atoms with Crippen LogP contribution in [0.4, 0.5) is 5.69 Å². The summed E-state index contributed by atoms with van der Waals surface area (Å²) in [5.41, 5.74) is 2.70. The third kappa shape index (κ3) is 5.98. The zero-order valence-electron chi connectivity index (χ0n) is 19.7. The van der Waals surface area contributed by atoms with Gasteiger partial charge in [0.15, 0.2) is 11.0 Å². The minimum atomic E-state index is -1.14. The van der Waals surface area contributed by atoms with E-state index >= 15 is 0 Å². The molecule has 0 radical (unpaired) electrons. The smallest absolute Gasteiger partial charge is 0.336 e. The maximum atomic E-state index is 12.7. The number of benzene rings is 3. The largest absolute Gasteiger partial charge is 0.478 e. The maximum absolute atomic E-state index is 12.7. The highest BCUT2D eigenvalue weighted by Crippen LogP contribution is 2.30. The molecule has 0 aliphatic carbocycles. The average Bonchev–Trinajstić information content (AvgIpc) is 3.30. The standard InChI is InChI=1S/C27H26N4O3S2/c1-2-16-36-27-30-29-24(23(35)19-8-4-3-5-9-19)31(27)17-18-12-14-20(15-13-18)28-25(32)21-10-6-7-11-22(21)26(33)34/h3-15,23,35H,2,16-17H2,1H3,(H,28,32)(H,33,34). The Kier molecular flexibility index (Phi) is 8.45. The highest BCUT2D eigenvalue weighted by Gasteiger charge is 2.21. The fraction of sp³-hybridized carbons (Fsp3) is 0.185. The van der Waals surface area contributed by atoms with Gasteiger partial charge >= 0.3 is 5.97 Å². The van der Waals surface area contributed by atoms with E-state index in [1.54, 1.807) is 36.0 Å². The molecule has 9 heteroatoms. The fourth-order valence-electron chi connectivity index (χ4n) is 3.68. The van der Waals surface area contributed by atoms with Gasteiger partial charge in [-0.15, -0.1) is 10.2 Å². The van der Waals surface area contributed by atoms with Crippen molar-refractivity contribution in [1.82, 2.24) is 14.8 Å². The van der Waals surface area contributed by atoms with E-state index in [0.29, 0.717) is 12.2 Å². The zero-order valence-corrected chi connectivity index (χ0v) is 21.4. The number of aromatic nitrogens is 3. The first-order chi connectivity index (χ1) is 17.5. The number of amides is 1. The molecule has 7 nitrogen and oxygen atoms in total. The van der Waals surface area contributed by atoms with Crippen LogP contribution in [0, 0.1) is 0 Å². The molecule has 4 rings (SSSR count). The Hall–Kier alpha value is -3.56. The second kappa shape index (κ2) is 11.9. The number of thiol groups is 1. The van der Waals surface area contributed by atoms with Crippen LogP contribution in [0.2, 0.25) is 0 Å². The molecule has 0 saturated carbocycles. The molecule has 0 fully saturated rings. The molecule has 0 aliphatic rings. The molecule has 1 atom stereocenters. The van der Waals surface area contributed by atoms with Crippen LogP contribution < -0.4 is 5.32 Å². The van der Waals surface area contributed by atoms with Gasteiger partial charge in [0.2, 0.25) is 0 Å². The number of thioether (sulfide) groups is 1. The third-order valence-corrected chi connectivity index (χ3v) is 7.20. The van der Waals surface area contributed by atoms with Gasteiger partial charge in [-0.2, -0.15) is 12.6 Å². The number of rotatable bonds is 10. The molecule has 1 amide bonds. The van der Waals surface area contributed by atoms with Crippen molar-refractivity contribution in [3.8, 4) is 0 Å². The van der Waals surface area contributed by atoms with Crippen LogP contribution in [0.15, 0.2) is 84.0 Å². The Labute approximate surface area is 219 Å². The van der Waals surface area contributed by atoms with Crippen LogP contribution in [0.3, 0.4) is 0 Å². The lowest BCUT2D eigenvalue weighted by Gasteiger charge is -2.15. The van der Waals surface area contributed by atoms with Gasteiger partial charge in [0.1, 0.15) is 0 Å². The molecule has 0 aliphatic heterocycles. The van der Waals surface area contributed by atoms with E-state index in [1.165, 1.54) is 12.1 Å². The van der Waals surface area contributed by atoms with Crippen molar-refractivity contribution in [3.05, 3.63) is 107 Å². The normalized spacial score (nSPS) is 11.7. The Bertz CT molecular complexity index is 1340. The van der Waals surface area contributed by atoms with Gasteiger partial charge in [-0.1, -0.05) is 73.3 Å². The number of carboxylic acids is 1. The quantitative estimate of drug-likeness (QED) is 0.181. The van der Waals surface area contributed by atoms with Crippen molar-refractivity contribution in [2.45, 2.75) is 30.3 Å². The number of hydrogen-bond acceptors (Lipinski definition) is 6. The summed E-state index contributed by atoms with van der Waals surface area (Å²) in [6, 6.07) is 23.6. The lowest BCUT2D eigenvalue weighted by molar-refractivity contribution is 0.0692. The number of anilines is 1. The predicted octanol–water partition coefficient (Wildman–Crippen LogP) is 5.80. The van der Waals surface area contributed by atoms with E-state index in [4.69, 9.17) is 12.6 Å². The second-order valence-corrected chi connectivity index (χ2v) is 9.67. The average molecular weight is 519 g/mol. The van der Waals surface area contributed by atoms with E-state index in [0.717, 1.165) is 34.3 Å². The monoisotopic (exact) mass is 518 g/mol. The van der Waals surface area contributed by atoms with E-state index in [9.17, 15) is 14.7 Å². The summed E-state index contributed by atoms with van der Waals surface area (Å²) in [5.74, 6) is 0.0889. The summed E-state index contributed by atoms with van der Waals surface area (Å²) in [4.78, 5) is 24.1. The summed E-state index contributed by atoms with van der Waals surface area (Å²) in [6.45, 7) is 2.68. The van der Waals surface area contributed by atoms with Gasteiger partial charge in [0.05, 0.1) is 22.9 Å². The summed E-state index contributed by atoms with van der Waals surface area (Å²) in [7, 11) is 0.